The molecule has 0 aromatic heterocycles. The Balaban J connectivity index is 1.87. The average molecular weight is 406 g/mol. The van der Waals surface area contributed by atoms with Crippen molar-refractivity contribution in [3.8, 4) is 5.75 Å². The van der Waals surface area contributed by atoms with Crippen LogP contribution in [0.1, 0.15) is 53.6 Å². The van der Waals surface area contributed by atoms with Gasteiger partial charge in [-0.3, -0.25) is 9.59 Å². The number of amides is 2. The molecule has 2 aromatic carbocycles. The van der Waals surface area contributed by atoms with E-state index in [1.54, 1.807) is 37.3 Å². The molecule has 0 aliphatic heterocycles. The van der Waals surface area contributed by atoms with E-state index in [-0.39, 0.29) is 23.3 Å². The summed E-state index contributed by atoms with van der Waals surface area (Å²) in [6, 6.07) is 12.1. The fraction of sp³-hybridized carbons (Fsp3) is 0.292. The summed E-state index contributed by atoms with van der Waals surface area (Å²) < 4.78 is 5.50. The SMILES string of the molecule is C=CC(=O)Nc1c(OC(=O)NC2CCCCC2)ccc(C(=O)c2ccccc2)c1C. The Morgan fingerprint density at radius 1 is 1.03 bits per heavy atom. The Hall–Kier alpha value is -3.41. The molecule has 0 radical (unpaired) electrons. The van der Waals surface area contributed by atoms with Gasteiger partial charge in [0.2, 0.25) is 5.91 Å². The molecule has 0 atom stereocenters. The Labute approximate surface area is 176 Å². The monoisotopic (exact) mass is 406 g/mol. The number of ketones is 1. The normalized spacial score (nSPS) is 13.9. The highest BCUT2D eigenvalue weighted by Gasteiger charge is 2.22. The third kappa shape index (κ3) is 5.14. The summed E-state index contributed by atoms with van der Waals surface area (Å²) in [7, 11) is 0. The highest BCUT2D eigenvalue weighted by atomic mass is 16.6. The molecule has 2 N–H and O–H groups in total. The van der Waals surface area contributed by atoms with E-state index in [1.807, 2.05) is 6.07 Å². The second kappa shape index (κ2) is 9.87. The smallest absolute Gasteiger partial charge is 0.408 e. The fourth-order valence-corrected chi connectivity index (χ4v) is 3.64. The van der Waals surface area contributed by atoms with Crippen LogP contribution in [0.2, 0.25) is 0 Å². The number of carbonyl (C=O) groups excluding carboxylic acids is 3. The number of hydrogen-bond donors (Lipinski definition) is 2. The number of ether oxygens (including phenoxy) is 1. The topological polar surface area (TPSA) is 84.5 Å². The van der Waals surface area contributed by atoms with Gasteiger partial charge in [-0.05, 0) is 43.5 Å². The van der Waals surface area contributed by atoms with E-state index >= 15 is 0 Å². The molecule has 0 heterocycles. The van der Waals surface area contributed by atoms with Gasteiger partial charge in [0.05, 0.1) is 5.69 Å². The van der Waals surface area contributed by atoms with E-state index in [0.29, 0.717) is 16.7 Å². The quantitative estimate of drug-likeness (QED) is 0.534. The van der Waals surface area contributed by atoms with Crippen molar-refractivity contribution < 1.29 is 19.1 Å². The first-order chi connectivity index (χ1) is 14.5. The second-order valence-corrected chi connectivity index (χ2v) is 7.37. The van der Waals surface area contributed by atoms with Crippen LogP contribution >= 0.6 is 0 Å². The predicted octanol–water partition coefficient (Wildman–Crippen LogP) is 4.77. The molecule has 156 valence electrons. The van der Waals surface area contributed by atoms with Crippen LogP contribution < -0.4 is 15.4 Å². The maximum absolute atomic E-state index is 12.9. The number of nitrogens with one attached hydrogen (secondary N) is 2. The van der Waals surface area contributed by atoms with Gasteiger partial charge >= 0.3 is 6.09 Å². The van der Waals surface area contributed by atoms with Crippen LogP contribution in [0.5, 0.6) is 5.75 Å². The fourth-order valence-electron chi connectivity index (χ4n) is 3.64. The molecule has 3 rings (SSSR count). The Morgan fingerprint density at radius 3 is 2.40 bits per heavy atom. The van der Waals surface area contributed by atoms with Crippen LogP contribution in [-0.4, -0.2) is 23.8 Å². The predicted molar refractivity (Wildman–Crippen MR) is 116 cm³/mol. The zero-order valence-electron chi connectivity index (χ0n) is 17.1. The number of anilines is 1. The second-order valence-electron chi connectivity index (χ2n) is 7.37. The third-order valence-corrected chi connectivity index (χ3v) is 5.27. The van der Waals surface area contributed by atoms with Gasteiger partial charge in [-0.1, -0.05) is 56.2 Å². The summed E-state index contributed by atoms with van der Waals surface area (Å²) in [5.74, 6) is -0.457. The molecule has 2 amide bonds. The third-order valence-electron chi connectivity index (χ3n) is 5.27. The van der Waals surface area contributed by atoms with Gasteiger partial charge in [-0.25, -0.2) is 4.79 Å². The molecule has 0 spiro atoms. The number of benzene rings is 2. The molecule has 30 heavy (non-hydrogen) atoms. The van der Waals surface area contributed by atoms with Crippen LogP contribution in [0, 0.1) is 6.92 Å². The highest BCUT2D eigenvalue weighted by Crippen LogP contribution is 2.32. The molecule has 2 aromatic rings. The van der Waals surface area contributed by atoms with Crippen molar-refractivity contribution in [3.05, 3.63) is 71.8 Å². The van der Waals surface area contributed by atoms with E-state index in [0.717, 1.165) is 31.8 Å². The van der Waals surface area contributed by atoms with Crippen molar-refractivity contribution in [1.29, 1.82) is 0 Å². The number of rotatable bonds is 6. The van der Waals surface area contributed by atoms with Gasteiger partial charge < -0.3 is 15.4 Å². The van der Waals surface area contributed by atoms with Crippen LogP contribution in [-0.2, 0) is 4.79 Å². The summed E-state index contributed by atoms with van der Waals surface area (Å²) >= 11 is 0. The van der Waals surface area contributed by atoms with Crippen molar-refractivity contribution in [2.45, 2.75) is 45.1 Å². The zero-order chi connectivity index (χ0) is 21.5. The molecule has 1 aliphatic rings. The lowest BCUT2D eigenvalue weighted by molar-refractivity contribution is -0.111. The van der Waals surface area contributed by atoms with Gasteiger partial charge in [0.1, 0.15) is 0 Å². The van der Waals surface area contributed by atoms with E-state index < -0.39 is 12.0 Å². The Bertz CT molecular complexity index is 947. The summed E-state index contributed by atoms with van der Waals surface area (Å²) in [5.41, 5.74) is 1.74. The van der Waals surface area contributed by atoms with E-state index in [4.69, 9.17) is 4.74 Å². The van der Waals surface area contributed by atoms with E-state index in [1.165, 1.54) is 12.5 Å². The summed E-state index contributed by atoms with van der Waals surface area (Å²) in [5, 5.41) is 5.55. The van der Waals surface area contributed by atoms with Gasteiger partial charge in [0.15, 0.2) is 11.5 Å². The van der Waals surface area contributed by atoms with Gasteiger partial charge in [0.25, 0.3) is 0 Å². The van der Waals surface area contributed by atoms with E-state index in [2.05, 4.69) is 17.2 Å². The molecule has 1 fully saturated rings. The van der Waals surface area contributed by atoms with Gasteiger partial charge in [-0.15, -0.1) is 0 Å². The minimum absolute atomic E-state index is 0.0949. The standard InChI is InChI=1S/C24H26N2O4/c1-3-21(27)26-22-16(2)19(23(28)17-10-6-4-7-11-17)14-15-20(22)30-24(29)25-18-12-8-5-9-13-18/h3-4,6-7,10-11,14-15,18H,1,5,8-9,12-13H2,2H3,(H,25,29)(H,26,27). The van der Waals surface area contributed by atoms with Crippen molar-refractivity contribution in [2.75, 3.05) is 5.32 Å². The maximum atomic E-state index is 12.9. The number of hydrogen-bond acceptors (Lipinski definition) is 4. The molecule has 6 heteroatoms. The van der Waals surface area contributed by atoms with Crippen molar-refractivity contribution in [1.82, 2.24) is 5.32 Å². The van der Waals surface area contributed by atoms with Crippen molar-refractivity contribution in [3.63, 3.8) is 0 Å². The largest absolute Gasteiger partial charge is 0.412 e. The lowest BCUT2D eigenvalue weighted by Crippen LogP contribution is -2.38. The highest BCUT2D eigenvalue weighted by molar-refractivity contribution is 6.12. The van der Waals surface area contributed by atoms with Crippen molar-refractivity contribution in [2.24, 2.45) is 0 Å². The first-order valence-corrected chi connectivity index (χ1v) is 10.1. The van der Waals surface area contributed by atoms with Gasteiger partial charge in [-0.2, -0.15) is 0 Å². The molecule has 6 nitrogen and oxygen atoms in total. The summed E-state index contributed by atoms with van der Waals surface area (Å²) in [6.45, 7) is 5.17. The zero-order valence-corrected chi connectivity index (χ0v) is 17.1. The first kappa shape index (κ1) is 21.3. The Kier molecular flexibility index (Phi) is 7.01. The van der Waals surface area contributed by atoms with Crippen LogP contribution in [0.25, 0.3) is 0 Å². The van der Waals surface area contributed by atoms with Crippen LogP contribution in [0.4, 0.5) is 10.5 Å². The molecule has 0 unspecified atom stereocenters. The van der Waals surface area contributed by atoms with Crippen molar-refractivity contribution >= 4 is 23.5 Å². The molecule has 0 saturated heterocycles. The molecule has 1 aliphatic carbocycles. The minimum atomic E-state index is -0.572. The summed E-state index contributed by atoms with van der Waals surface area (Å²) in [4.78, 5) is 37.3. The molecule has 0 bridgehead atoms. The summed E-state index contributed by atoms with van der Waals surface area (Å²) in [6.07, 6.45) is 5.76. The lowest BCUT2D eigenvalue weighted by atomic mass is 9.96. The average Bonchev–Trinajstić information content (AvgIpc) is 2.77. The van der Waals surface area contributed by atoms with E-state index in [9.17, 15) is 14.4 Å². The van der Waals surface area contributed by atoms with Crippen LogP contribution in [0.15, 0.2) is 55.1 Å². The molecular formula is C24H26N2O4. The Morgan fingerprint density at radius 2 is 1.73 bits per heavy atom. The number of carbonyl (C=O) groups is 3. The minimum Gasteiger partial charge on any atom is -0.408 e. The van der Waals surface area contributed by atoms with Crippen LogP contribution in [0.3, 0.4) is 0 Å². The maximum Gasteiger partial charge on any atom is 0.412 e. The van der Waals surface area contributed by atoms with Gasteiger partial charge in [0, 0.05) is 17.2 Å². The lowest BCUT2D eigenvalue weighted by Gasteiger charge is -2.23. The first-order valence-electron chi connectivity index (χ1n) is 10.1. The molecular weight excluding hydrogens is 380 g/mol. The molecule has 1 saturated carbocycles.